The number of rotatable bonds is 6. The van der Waals surface area contributed by atoms with Crippen LogP contribution in [0.15, 0.2) is 0 Å². The maximum atomic E-state index is 10.9. The monoisotopic (exact) mass is 826 g/mol. The Balaban J connectivity index is 0.000000185. The minimum absolute atomic E-state index is 0.199. The van der Waals surface area contributed by atoms with Gasteiger partial charge in [0.1, 0.15) is 46.3 Å². The molecule has 0 aromatic rings. The summed E-state index contributed by atoms with van der Waals surface area (Å²) < 4.78 is 19.2. The number of cyclic esters (lactones) is 3. The van der Waals surface area contributed by atoms with Crippen LogP contribution < -0.4 is 0 Å². The highest BCUT2D eigenvalue weighted by atomic mass is 79.9. The SMILES string of the molecule is O=C1O[C@H](C(O)CBr)[C@H](O)C1Br.O=C1O[C@H](C(O)CBr)[C@H](O)C1Br.O=C1O[C@H](C(O)CBr)[C@H]2OC12. The molecule has 4 saturated heterocycles. The molecular formula is C18H23Br5O12. The maximum Gasteiger partial charge on any atom is 0.338 e. The zero-order valence-electron chi connectivity index (χ0n) is 17.5. The molecule has 12 atom stereocenters. The number of halogens is 5. The van der Waals surface area contributed by atoms with E-state index in [0.717, 1.165) is 0 Å². The van der Waals surface area contributed by atoms with E-state index in [1.807, 2.05) is 0 Å². The summed E-state index contributed by atoms with van der Waals surface area (Å²) in [6, 6.07) is 0. The van der Waals surface area contributed by atoms with Crippen molar-refractivity contribution in [1.82, 2.24) is 0 Å². The number of aliphatic hydroxyl groups is 5. The molecule has 4 aliphatic rings. The molecule has 0 aromatic carbocycles. The second-order valence-electron chi connectivity index (χ2n) is 7.68. The van der Waals surface area contributed by atoms with E-state index in [1.54, 1.807) is 0 Å². The predicted octanol–water partition coefficient (Wildman–Crippen LogP) is -0.981. The van der Waals surface area contributed by atoms with Gasteiger partial charge in [0.25, 0.3) is 0 Å². The van der Waals surface area contributed by atoms with Gasteiger partial charge in [-0.15, -0.1) is 0 Å². The smallest absolute Gasteiger partial charge is 0.338 e. The summed E-state index contributed by atoms with van der Waals surface area (Å²) in [5.41, 5.74) is 0. The van der Waals surface area contributed by atoms with Crippen molar-refractivity contribution in [2.24, 2.45) is 0 Å². The van der Waals surface area contributed by atoms with E-state index >= 15 is 0 Å². The molecule has 4 heterocycles. The van der Waals surface area contributed by atoms with E-state index in [-0.39, 0.29) is 22.7 Å². The van der Waals surface area contributed by atoms with Gasteiger partial charge in [-0.25, -0.2) is 4.79 Å². The van der Waals surface area contributed by atoms with Crippen molar-refractivity contribution in [3.8, 4) is 0 Å². The van der Waals surface area contributed by atoms with E-state index in [4.69, 9.17) is 18.9 Å². The van der Waals surface area contributed by atoms with Crippen LogP contribution in [0.2, 0.25) is 0 Å². The first kappa shape index (κ1) is 31.8. The number of carbonyl (C=O) groups is 3. The summed E-state index contributed by atoms with van der Waals surface area (Å²) in [6.07, 6.45) is -7.08. The van der Waals surface area contributed by atoms with Gasteiger partial charge in [-0.05, 0) is 0 Å². The Bertz CT molecular complexity index is 721. The molecule has 202 valence electrons. The molecule has 0 spiro atoms. The Kier molecular flexibility index (Phi) is 12.8. The summed E-state index contributed by atoms with van der Waals surface area (Å²) >= 11 is 15.1. The lowest BCUT2D eigenvalue weighted by Crippen LogP contribution is -2.37. The Morgan fingerprint density at radius 2 is 1.00 bits per heavy atom. The number of alkyl halides is 5. The van der Waals surface area contributed by atoms with E-state index in [9.17, 15) is 39.9 Å². The van der Waals surface area contributed by atoms with Crippen molar-refractivity contribution in [2.45, 2.75) is 70.7 Å². The van der Waals surface area contributed by atoms with Crippen LogP contribution in [-0.4, -0.2) is 130 Å². The number of hydrogen-bond donors (Lipinski definition) is 5. The highest BCUT2D eigenvalue weighted by Gasteiger charge is 2.61. The number of carbonyl (C=O) groups excluding carboxylic acids is 3. The molecule has 35 heavy (non-hydrogen) atoms. The zero-order chi connectivity index (χ0) is 26.6. The lowest BCUT2D eigenvalue weighted by molar-refractivity contribution is -0.154. The number of hydrogen-bond acceptors (Lipinski definition) is 12. The number of fused-ring (bicyclic) bond motifs is 1. The van der Waals surface area contributed by atoms with E-state index in [0.29, 0.717) is 5.33 Å². The van der Waals surface area contributed by atoms with Gasteiger partial charge in [-0.1, -0.05) is 79.6 Å². The Labute approximate surface area is 241 Å². The van der Waals surface area contributed by atoms with Crippen molar-refractivity contribution in [2.75, 3.05) is 16.0 Å². The Morgan fingerprint density at radius 3 is 1.23 bits per heavy atom. The normalized spacial score (nSPS) is 39.6. The predicted molar refractivity (Wildman–Crippen MR) is 135 cm³/mol. The van der Waals surface area contributed by atoms with E-state index < -0.39 is 76.5 Å². The third kappa shape index (κ3) is 7.80. The second-order valence-corrected chi connectivity index (χ2v) is 11.6. The van der Waals surface area contributed by atoms with Crippen molar-refractivity contribution in [3.05, 3.63) is 0 Å². The molecule has 0 radical (unpaired) electrons. The number of ether oxygens (including phenoxy) is 4. The molecule has 0 aliphatic carbocycles. The fourth-order valence-electron chi connectivity index (χ4n) is 3.15. The van der Waals surface area contributed by atoms with Crippen molar-refractivity contribution < 1.29 is 58.9 Å². The average molecular weight is 831 g/mol. The Morgan fingerprint density at radius 1 is 0.657 bits per heavy atom. The fourth-order valence-corrected chi connectivity index (χ4v) is 5.08. The first-order chi connectivity index (χ1) is 16.4. The molecule has 0 amide bonds. The summed E-state index contributed by atoms with van der Waals surface area (Å²) in [4.78, 5) is 31.0. The highest BCUT2D eigenvalue weighted by molar-refractivity contribution is 9.10. The number of epoxide rings is 1. The van der Waals surface area contributed by atoms with Gasteiger partial charge in [0.15, 0.2) is 24.4 Å². The molecule has 0 bridgehead atoms. The fraction of sp³-hybridized carbons (Fsp3) is 0.833. The molecule has 17 heteroatoms. The summed E-state index contributed by atoms with van der Waals surface area (Å²) in [5.74, 6) is -1.42. The van der Waals surface area contributed by atoms with Crippen molar-refractivity contribution in [1.29, 1.82) is 0 Å². The summed E-state index contributed by atoms with van der Waals surface area (Å²) in [7, 11) is 0. The van der Waals surface area contributed by atoms with Crippen LogP contribution in [0, 0.1) is 0 Å². The molecule has 6 unspecified atom stereocenters. The molecule has 4 rings (SSSR count). The van der Waals surface area contributed by atoms with Gasteiger partial charge in [0, 0.05) is 16.0 Å². The molecule has 4 aliphatic heterocycles. The van der Waals surface area contributed by atoms with Gasteiger partial charge < -0.3 is 44.5 Å². The molecular weight excluding hydrogens is 808 g/mol. The van der Waals surface area contributed by atoms with Crippen LogP contribution in [0.3, 0.4) is 0 Å². The Hall–Kier alpha value is 0.570. The van der Waals surface area contributed by atoms with Crippen molar-refractivity contribution in [3.63, 3.8) is 0 Å². The van der Waals surface area contributed by atoms with Crippen LogP contribution in [0.5, 0.6) is 0 Å². The largest absolute Gasteiger partial charge is 0.456 e. The minimum atomic E-state index is -0.981. The van der Waals surface area contributed by atoms with Crippen LogP contribution >= 0.6 is 79.6 Å². The topological polar surface area (TPSA) is 193 Å². The first-order valence-corrected chi connectivity index (χ1v) is 15.2. The van der Waals surface area contributed by atoms with E-state index in [2.05, 4.69) is 79.6 Å². The molecule has 12 nitrogen and oxygen atoms in total. The molecule has 0 saturated carbocycles. The molecule has 0 aromatic heterocycles. The summed E-state index contributed by atoms with van der Waals surface area (Å²) in [5, 5.41) is 47.4. The van der Waals surface area contributed by atoms with Gasteiger partial charge in [0.05, 0.1) is 0 Å². The van der Waals surface area contributed by atoms with Crippen LogP contribution in [-0.2, 0) is 33.3 Å². The molecule has 5 N–H and O–H groups in total. The van der Waals surface area contributed by atoms with Crippen molar-refractivity contribution >= 4 is 97.6 Å². The van der Waals surface area contributed by atoms with Crippen LogP contribution in [0.4, 0.5) is 0 Å². The van der Waals surface area contributed by atoms with Gasteiger partial charge in [-0.2, -0.15) is 0 Å². The number of esters is 3. The quantitative estimate of drug-likeness (QED) is 0.0954. The van der Waals surface area contributed by atoms with Crippen LogP contribution in [0.25, 0.3) is 0 Å². The van der Waals surface area contributed by atoms with Gasteiger partial charge in [0.2, 0.25) is 0 Å². The highest BCUT2D eigenvalue weighted by Crippen LogP contribution is 2.37. The average Bonchev–Trinajstić information content (AvgIpc) is 3.46. The lowest BCUT2D eigenvalue weighted by atomic mass is 10.1. The third-order valence-corrected chi connectivity index (χ3v) is 8.99. The van der Waals surface area contributed by atoms with Gasteiger partial charge >= 0.3 is 17.9 Å². The van der Waals surface area contributed by atoms with Gasteiger partial charge in [-0.3, -0.25) is 9.59 Å². The van der Waals surface area contributed by atoms with Crippen LogP contribution in [0.1, 0.15) is 0 Å². The lowest BCUT2D eigenvalue weighted by Gasteiger charge is -2.17. The molecule has 4 fully saturated rings. The second kappa shape index (κ2) is 14.1. The standard InChI is InChI=1S/2C6H8Br2O4.C6H7BrO4/c2*7-1-2(9)5-4(10)3(8)6(11)12-5;7-1-2(8)3-4-5(10-4)6(9)11-3/h2*2-5,9-10H,1H2;2-5,8H,1H2/t2*2?,3?,4-,5-;2?,3-,4-,5?/m111/s1. The zero-order valence-corrected chi connectivity index (χ0v) is 25.5. The number of aliphatic hydroxyl groups excluding tert-OH is 5. The van der Waals surface area contributed by atoms with E-state index in [1.165, 1.54) is 0 Å². The first-order valence-electron chi connectivity index (χ1n) is 10.0. The minimum Gasteiger partial charge on any atom is -0.456 e. The summed E-state index contributed by atoms with van der Waals surface area (Å²) in [6.45, 7) is 0. The maximum absolute atomic E-state index is 10.9. The third-order valence-electron chi connectivity index (χ3n) is 5.17.